The van der Waals surface area contributed by atoms with Crippen LogP contribution in [-0.4, -0.2) is 34.2 Å². The zero-order valence-electron chi connectivity index (χ0n) is 8.06. The minimum absolute atomic E-state index is 0.839. The Bertz CT molecular complexity index is 239. The van der Waals surface area contributed by atoms with Crippen molar-refractivity contribution >= 4 is 11.8 Å². The summed E-state index contributed by atoms with van der Waals surface area (Å²) < 4.78 is 6.77. The van der Waals surface area contributed by atoms with Gasteiger partial charge in [-0.05, 0) is 12.2 Å². The fraction of sp³-hybridized carbons (Fsp3) is 0.750. The van der Waals surface area contributed by atoms with Gasteiger partial charge in [-0.25, -0.2) is 4.98 Å². The van der Waals surface area contributed by atoms with Gasteiger partial charge in [0.05, 0.1) is 5.75 Å². The molecule has 13 heavy (non-hydrogen) atoms. The highest BCUT2D eigenvalue weighted by Crippen LogP contribution is 2.09. The van der Waals surface area contributed by atoms with Crippen molar-refractivity contribution in [2.75, 3.05) is 19.5 Å². The molecule has 0 aromatic carbocycles. The quantitative estimate of drug-likeness (QED) is 0.646. The maximum absolute atomic E-state index is 4.96. The predicted octanol–water partition coefficient (Wildman–Crippen LogP) is 1.08. The zero-order valence-corrected chi connectivity index (χ0v) is 8.88. The van der Waals surface area contributed by atoms with Crippen LogP contribution in [0.15, 0.2) is 6.33 Å². The van der Waals surface area contributed by atoms with E-state index in [2.05, 4.69) is 10.1 Å². The smallest absolute Gasteiger partial charge is 0.138 e. The Labute approximate surface area is 82.7 Å². The maximum atomic E-state index is 4.96. The number of aryl methyl sites for hydroxylation is 1. The van der Waals surface area contributed by atoms with Gasteiger partial charge in [0.15, 0.2) is 0 Å². The highest BCUT2D eigenvalue weighted by Gasteiger charge is 1.99. The van der Waals surface area contributed by atoms with Crippen LogP contribution in [0.2, 0.25) is 0 Å². The summed E-state index contributed by atoms with van der Waals surface area (Å²) >= 11 is 1.86. The molecule has 1 aromatic heterocycles. The number of ether oxygens (including phenoxy) is 1. The third kappa shape index (κ3) is 3.78. The molecule has 0 atom stereocenters. The molecular weight excluding hydrogens is 186 g/mol. The van der Waals surface area contributed by atoms with Crippen LogP contribution in [0.5, 0.6) is 0 Å². The van der Waals surface area contributed by atoms with Crippen LogP contribution < -0.4 is 0 Å². The van der Waals surface area contributed by atoms with E-state index in [1.165, 1.54) is 0 Å². The van der Waals surface area contributed by atoms with Crippen molar-refractivity contribution in [3.05, 3.63) is 12.2 Å². The van der Waals surface area contributed by atoms with Gasteiger partial charge in [-0.2, -0.15) is 16.9 Å². The number of nitrogens with zero attached hydrogens (tertiary/aromatic N) is 3. The van der Waals surface area contributed by atoms with E-state index in [0.717, 1.165) is 30.4 Å². The summed E-state index contributed by atoms with van der Waals surface area (Å²) in [5, 5.41) is 4.00. The van der Waals surface area contributed by atoms with Gasteiger partial charge < -0.3 is 4.74 Å². The van der Waals surface area contributed by atoms with Crippen LogP contribution in [0.3, 0.4) is 0 Å². The lowest BCUT2D eigenvalue weighted by Crippen LogP contribution is -1.98. The summed E-state index contributed by atoms with van der Waals surface area (Å²) in [5.41, 5.74) is 0. The molecule has 1 rings (SSSR count). The first kappa shape index (κ1) is 10.5. The van der Waals surface area contributed by atoms with E-state index >= 15 is 0 Å². The average Bonchev–Trinajstić information content (AvgIpc) is 2.52. The van der Waals surface area contributed by atoms with E-state index in [4.69, 9.17) is 4.74 Å². The molecular formula is C8H15N3OS. The molecule has 0 radical (unpaired) electrons. The highest BCUT2D eigenvalue weighted by molar-refractivity contribution is 7.98. The van der Waals surface area contributed by atoms with Gasteiger partial charge >= 0.3 is 0 Å². The average molecular weight is 201 g/mol. The molecule has 0 saturated heterocycles. The van der Waals surface area contributed by atoms with E-state index in [9.17, 15) is 0 Å². The van der Waals surface area contributed by atoms with Crippen LogP contribution in [-0.2, 0) is 17.5 Å². The molecule has 0 aliphatic heterocycles. The topological polar surface area (TPSA) is 39.9 Å². The second kappa shape index (κ2) is 5.99. The molecule has 0 bridgehead atoms. The van der Waals surface area contributed by atoms with Crippen LogP contribution in [0.4, 0.5) is 0 Å². The normalized spacial score (nSPS) is 10.6. The molecule has 0 fully saturated rings. The number of aromatic nitrogens is 3. The summed E-state index contributed by atoms with van der Waals surface area (Å²) in [6.45, 7) is 0.839. The Morgan fingerprint density at radius 3 is 3.08 bits per heavy atom. The number of hydrogen-bond donors (Lipinski definition) is 0. The first-order chi connectivity index (χ1) is 6.34. The van der Waals surface area contributed by atoms with Gasteiger partial charge in [0.2, 0.25) is 0 Å². The molecule has 0 N–H and O–H groups in total. The predicted molar refractivity (Wildman–Crippen MR) is 53.7 cm³/mol. The van der Waals surface area contributed by atoms with Crippen LogP contribution in [0, 0.1) is 0 Å². The molecule has 1 aromatic rings. The van der Waals surface area contributed by atoms with Gasteiger partial charge in [0.25, 0.3) is 0 Å². The summed E-state index contributed by atoms with van der Waals surface area (Å²) in [6.07, 6.45) is 2.68. The van der Waals surface area contributed by atoms with Crippen molar-refractivity contribution in [1.29, 1.82) is 0 Å². The molecule has 74 valence electrons. The lowest BCUT2D eigenvalue weighted by Gasteiger charge is -2.00. The Kier molecular flexibility index (Phi) is 4.85. The molecule has 0 aliphatic carbocycles. The van der Waals surface area contributed by atoms with E-state index < -0.39 is 0 Å². The monoisotopic (exact) mass is 201 g/mol. The molecule has 4 nitrogen and oxygen atoms in total. The summed E-state index contributed by atoms with van der Waals surface area (Å²) in [6, 6.07) is 0. The molecule has 0 amide bonds. The fourth-order valence-electron chi connectivity index (χ4n) is 0.920. The Morgan fingerprint density at radius 2 is 2.46 bits per heavy atom. The van der Waals surface area contributed by atoms with Gasteiger partial charge in [0, 0.05) is 20.8 Å². The van der Waals surface area contributed by atoms with Crippen molar-refractivity contribution in [3.63, 3.8) is 0 Å². The van der Waals surface area contributed by atoms with Gasteiger partial charge in [-0.15, -0.1) is 0 Å². The zero-order chi connectivity index (χ0) is 9.52. The standard InChI is InChI=1S/C8H15N3OS/c1-11-8(9-7-10-11)6-13-5-3-4-12-2/h7H,3-6H2,1-2H3. The number of rotatable bonds is 6. The van der Waals surface area contributed by atoms with E-state index in [1.54, 1.807) is 13.4 Å². The van der Waals surface area contributed by atoms with Crippen molar-refractivity contribution < 1.29 is 4.74 Å². The third-order valence-corrected chi connectivity index (χ3v) is 2.71. The Balaban J connectivity index is 2.10. The van der Waals surface area contributed by atoms with Crippen LogP contribution >= 0.6 is 11.8 Å². The van der Waals surface area contributed by atoms with Gasteiger partial charge in [0.1, 0.15) is 12.2 Å². The number of methoxy groups -OCH3 is 1. The lowest BCUT2D eigenvalue weighted by atomic mass is 10.5. The van der Waals surface area contributed by atoms with Gasteiger partial charge in [-0.3, -0.25) is 4.68 Å². The van der Waals surface area contributed by atoms with E-state index in [-0.39, 0.29) is 0 Å². The van der Waals surface area contributed by atoms with E-state index in [0.29, 0.717) is 0 Å². The van der Waals surface area contributed by atoms with Crippen molar-refractivity contribution in [1.82, 2.24) is 14.8 Å². The summed E-state index contributed by atoms with van der Waals surface area (Å²) in [4.78, 5) is 4.13. The molecule has 0 unspecified atom stereocenters. The minimum atomic E-state index is 0.839. The first-order valence-corrected chi connectivity index (χ1v) is 5.39. The van der Waals surface area contributed by atoms with Gasteiger partial charge in [-0.1, -0.05) is 0 Å². The van der Waals surface area contributed by atoms with Crippen LogP contribution in [0.25, 0.3) is 0 Å². The molecule has 5 heteroatoms. The van der Waals surface area contributed by atoms with Crippen molar-refractivity contribution in [2.24, 2.45) is 7.05 Å². The molecule has 0 aliphatic rings. The second-order valence-corrected chi connectivity index (χ2v) is 3.80. The lowest BCUT2D eigenvalue weighted by molar-refractivity contribution is 0.200. The second-order valence-electron chi connectivity index (χ2n) is 2.70. The van der Waals surface area contributed by atoms with Crippen molar-refractivity contribution in [3.8, 4) is 0 Å². The Hall–Kier alpha value is -0.550. The number of hydrogen-bond acceptors (Lipinski definition) is 4. The van der Waals surface area contributed by atoms with Crippen molar-refractivity contribution in [2.45, 2.75) is 12.2 Å². The first-order valence-electron chi connectivity index (χ1n) is 4.24. The molecule has 1 heterocycles. The SMILES string of the molecule is COCCCSCc1ncnn1C. The highest BCUT2D eigenvalue weighted by atomic mass is 32.2. The Morgan fingerprint density at radius 1 is 1.62 bits per heavy atom. The minimum Gasteiger partial charge on any atom is -0.385 e. The summed E-state index contributed by atoms with van der Waals surface area (Å²) in [7, 11) is 3.64. The molecule has 0 spiro atoms. The largest absolute Gasteiger partial charge is 0.385 e. The number of thioether (sulfide) groups is 1. The summed E-state index contributed by atoms with van der Waals surface area (Å²) in [5.74, 6) is 3.07. The fourth-order valence-corrected chi connectivity index (χ4v) is 1.83. The third-order valence-electron chi connectivity index (χ3n) is 1.67. The maximum Gasteiger partial charge on any atom is 0.138 e. The molecule has 0 saturated carbocycles. The van der Waals surface area contributed by atoms with Crippen LogP contribution in [0.1, 0.15) is 12.2 Å². The van der Waals surface area contributed by atoms with E-state index in [1.807, 2.05) is 23.5 Å².